The number of carbonyl (C=O) groups excluding carboxylic acids is 2. The van der Waals surface area contributed by atoms with Crippen LogP contribution in [0.25, 0.3) is 11.1 Å². The summed E-state index contributed by atoms with van der Waals surface area (Å²) in [5.41, 5.74) is 5.76. The summed E-state index contributed by atoms with van der Waals surface area (Å²) in [7, 11) is 0. The third-order valence-electron chi connectivity index (χ3n) is 4.30. The van der Waals surface area contributed by atoms with Crippen LogP contribution in [0.2, 0.25) is 0 Å². The number of halogens is 2. The zero-order chi connectivity index (χ0) is 16.8. The zero-order valence-corrected chi connectivity index (χ0v) is 15.6. The number of carbonyl (C=O) groups is 2. The first-order valence-electron chi connectivity index (χ1n) is 7.40. The van der Waals surface area contributed by atoms with Crippen molar-refractivity contribution in [1.29, 1.82) is 0 Å². The van der Waals surface area contributed by atoms with Gasteiger partial charge in [-0.1, -0.05) is 31.9 Å². The summed E-state index contributed by atoms with van der Waals surface area (Å²) in [4.78, 5) is 21.4. The molecule has 0 fully saturated rings. The fourth-order valence-corrected chi connectivity index (χ4v) is 3.73. The Labute approximate surface area is 155 Å². The third-order valence-corrected chi connectivity index (χ3v) is 5.79. The summed E-state index contributed by atoms with van der Waals surface area (Å²) >= 11 is 6.71. The lowest BCUT2D eigenvalue weighted by atomic mass is 9.87. The van der Waals surface area contributed by atoms with Crippen molar-refractivity contribution in [2.75, 3.05) is 0 Å². The molecule has 0 spiro atoms. The van der Waals surface area contributed by atoms with E-state index in [1.54, 1.807) is 0 Å². The highest BCUT2D eigenvalue weighted by molar-refractivity contribution is 9.09. The molecule has 0 saturated carbocycles. The number of hydrogen-bond acceptors (Lipinski definition) is 4. The Balaban J connectivity index is 1.91. The van der Waals surface area contributed by atoms with Gasteiger partial charge in [0.15, 0.2) is 0 Å². The van der Waals surface area contributed by atoms with Crippen molar-refractivity contribution in [3.63, 3.8) is 0 Å². The minimum Gasteiger partial charge on any atom is -0.488 e. The van der Waals surface area contributed by atoms with Gasteiger partial charge in [0.25, 0.3) is 0 Å². The number of rotatable bonds is 4. The van der Waals surface area contributed by atoms with Crippen LogP contribution in [-0.2, 0) is 22.8 Å². The second-order valence-corrected chi connectivity index (χ2v) is 7.73. The normalized spacial score (nSPS) is 16.2. The molecule has 24 heavy (non-hydrogen) atoms. The van der Waals surface area contributed by atoms with E-state index in [9.17, 15) is 9.59 Å². The fourth-order valence-electron chi connectivity index (χ4n) is 3.20. The fraction of sp³-hybridized carbons (Fsp3) is 0.222. The van der Waals surface area contributed by atoms with E-state index in [0.29, 0.717) is 13.2 Å². The van der Waals surface area contributed by atoms with Crippen LogP contribution in [0.4, 0.5) is 0 Å². The Kier molecular flexibility index (Phi) is 3.96. The Morgan fingerprint density at radius 2 is 1.21 bits per heavy atom. The molecule has 2 aromatic carbocycles. The van der Waals surface area contributed by atoms with Gasteiger partial charge in [-0.2, -0.15) is 0 Å². The lowest BCUT2D eigenvalue weighted by molar-refractivity contribution is -0.108. The average Bonchev–Trinajstić information content (AvgIpc) is 2.63. The number of aldehydes is 2. The zero-order valence-electron chi connectivity index (χ0n) is 12.4. The molecule has 122 valence electrons. The molecule has 0 N–H and O–H groups in total. The quantitative estimate of drug-likeness (QED) is 0.510. The summed E-state index contributed by atoms with van der Waals surface area (Å²) in [6, 6.07) is 7.75. The van der Waals surface area contributed by atoms with Crippen molar-refractivity contribution >= 4 is 44.4 Å². The van der Waals surface area contributed by atoms with Crippen molar-refractivity contribution in [3.05, 3.63) is 46.5 Å². The maximum absolute atomic E-state index is 11.1. The highest BCUT2D eigenvalue weighted by Crippen LogP contribution is 2.50. The summed E-state index contributed by atoms with van der Waals surface area (Å²) in [5, 5.41) is 0. The molecule has 2 aliphatic rings. The van der Waals surface area contributed by atoms with Gasteiger partial charge in [-0.15, -0.1) is 0 Å². The molecular formula is C18H12Br2O4. The Morgan fingerprint density at radius 1 is 0.792 bits per heavy atom. The maximum Gasteiger partial charge on any atom is 0.138 e. The van der Waals surface area contributed by atoms with Crippen molar-refractivity contribution in [1.82, 2.24) is 0 Å². The SMILES string of the molecule is O=CC(Br)c1cc2c3c(c1)OCc1cc(C(Br)C=O)cc(c1-3)OC2. The van der Waals surface area contributed by atoms with Crippen LogP contribution in [0.3, 0.4) is 0 Å². The van der Waals surface area contributed by atoms with Gasteiger partial charge < -0.3 is 19.1 Å². The molecule has 2 atom stereocenters. The first-order valence-corrected chi connectivity index (χ1v) is 9.24. The maximum atomic E-state index is 11.1. The van der Waals surface area contributed by atoms with Crippen LogP contribution in [-0.4, -0.2) is 12.6 Å². The van der Waals surface area contributed by atoms with Crippen LogP contribution in [0, 0.1) is 0 Å². The van der Waals surface area contributed by atoms with E-state index in [1.807, 2.05) is 24.3 Å². The van der Waals surface area contributed by atoms with E-state index in [4.69, 9.17) is 9.47 Å². The monoisotopic (exact) mass is 450 g/mol. The molecule has 2 heterocycles. The minimum atomic E-state index is -0.366. The van der Waals surface area contributed by atoms with Crippen molar-refractivity contribution < 1.29 is 19.1 Å². The summed E-state index contributed by atoms with van der Waals surface area (Å²) in [6.45, 7) is 0.810. The Morgan fingerprint density at radius 3 is 1.58 bits per heavy atom. The predicted molar refractivity (Wildman–Crippen MR) is 96.0 cm³/mol. The molecule has 0 aliphatic carbocycles. The largest absolute Gasteiger partial charge is 0.488 e. The van der Waals surface area contributed by atoms with Gasteiger partial charge in [0.05, 0.1) is 9.65 Å². The molecule has 0 bridgehead atoms. The third kappa shape index (κ3) is 2.40. The van der Waals surface area contributed by atoms with Crippen molar-refractivity contribution in [2.24, 2.45) is 0 Å². The van der Waals surface area contributed by atoms with E-state index < -0.39 is 0 Å². The van der Waals surface area contributed by atoms with Gasteiger partial charge in [-0.05, 0) is 35.4 Å². The van der Waals surface area contributed by atoms with Crippen LogP contribution < -0.4 is 9.47 Å². The number of hydrogen-bond donors (Lipinski definition) is 0. The van der Waals surface area contributed by atoms with Crippen molar-refractivity contribution in [3.8, 4) is 22.6 Å². The van der Waals surface area contributed by atoms with E-state index >= 15 is 0 Å². The highest BCUT2D eigenvalue weighted by Gasteiger charge is 2.30. The molecule has 0 aromatic heterocycles. The Hall–Kier alpha value is -1.66. The lowest BCUT2D eigenvalue weighted by Crippen LogP contribution is -2.16. The first kappa shape index (κ1) is 15.8. The van der Waals surface area contributed by atoms with Gasteiger partial charge in [0.2, 0.25) is 0 Å². The molecule has 2 unspecified atom stereocenters. The molecule has 6 heteroatoms. The van der Waals surface area contributed by atoms with E-state index in [1.165, 1.54) is 0 Å². The summed E-state index contributed by atoms with van der Waals surface area (Å²) in [6.07, 6.45) is 1.70. The van der Waals surface area contributed by atoms with E-state index in [-0.39, 0.29) is 9.65 Å². The molecule has 0 amide bonds. The molecule has 4 rings (SSSR count). The van der Waals surface area contributed by atoms with Crippen molar-refractivity contribution in [2.45, 2.75) is 22.9 Å². The number of benzene rings is 2. The topological polar surface area (TPSA) is 52.6 Å². The molecule has 4 nitrogen and oxygen atoms in total. The van der Waals surface area contributed by atoms with Gasteiger partial charge in [-0.25, -0.2) is 0 Å². The van der Waals surface area contributed by atoms with Gasteiger partial charge in [0, 0.05) is 22.3 Å². The molecule has 0 radical (unpaired) electrons. The first-order chi connectivity index (χ1) is 11.6. The predicted octanol–water partition coefficient (Wildman–Crippen LogP) is 4.41. The second-order valence-electron chi connectivity index (χ2n) is 5.76. The number of alkyl halides is 2. The summed E-state index contributed by atoms with van der Waals surface area (Å²) < 4.78 is 11.9. The Bertz CT molecular complexity index is 741. The minimum absolute atomic E-state index is 0.366. The van der Waals surface area contributed by atoms with Gasteiger partial charge in [0.1, 0.15) is 37.3 Å². The van der Waals surface area contributed by atoms with Crippen LogP contribution in [0.15, 0.2) is 24.3 Å². The van der Waals surface area contributed by atoms with E-state index in [0.717, 1.165) is 57.5 Å². The standard InChI is InChI=1S/C18H12Br2O4/c19-13(5-21)9-1-11-7-23-16-4-10(14(20)6-22)2-12-8-24-15(3-9)17(11)18(12)16/h1-6,13-14H,7-8H2. The number of ether oxygens (including phenoxy) is 2. The summed E-state index contributed by atoms with van der Waals surface area (Å²) in [5.74, 6) is 1.54. The van der Waals surface area contributed by atoms with Gasteiger partial charge >= 0.3 is 0 Å². The highest BCUT2D eigenvalue weighted by atomic mass is 79.9. The molecular weight excluding hydrogens is 440 g/mol. The molecule has 2 aliphatic heterocycles. The van der Waals surface area contributed by atoms with Crippen LogP contribution in [0.1, 0.15) is 31.9 Å². The second kappa shape index (κ2) is 6.01. The lowest BCUT2D eigenvalue weighted by Gasteiger charge is -2.31. The van der Waals surface area contributed by atoms with Crippen LogP contribution in [0.5, 0.6) is 11.5 Å². The van der Waals surface area contributed by atoms with Gasteiger partial charge in [-0.3, -0.25) is 0 Å². The smallest absolute Gasteiger partial charge is 0.138 e. The molecule has 0 saturated heterocycles. The van der Waals surface area contributed by atoms with E-state index in [2.05, 4.69) is 31.9 Å². The van der Waals surface area contributed by atoms with Crippen LogP contribution >= 0.6 is 31.9 Å². The average molecular weight is 452 g/mol. The molecule has 2 aromatic rings.